The average Bonchev–Trinajstić information content (AvgIpc) is 3.56. The number of aromatic nitrogens is 4. The molecular formula is C29H28N8O5. The van der Waals surface area contributed by atoms with Crippen molar-refractivity contribution in [2.45, 2.75) is 18.9 Å². The standard InChI is InChI=1S/C29H28N8O5/c1-36(2)28(38)21-5-7-25(35-27(21)40-3)34-26-13-22(32-16-33-26)18-4-6-23(19(12-18)14-30)42-20-8-10-37(11-9-20)29(39)24-15-31-17-41-24/h4-7,12-13,15-17,20H,8-11H2,1-3H3,(H,32,33,34,35). The molecule has 42 heavy (non-hydrogen) atoms. The van der Waals surface area contributed by atoms with Gasteiger partial charge in [0.2, 0.25) is 11.6 Å². The minimum absolute atomic E-state index is 0.138. The summed E-state index contributed by atoms with van der Waals surface area (Å²) in [6.45, 7) is 1.02. The maximum absolute atomic E-state index is 12.5. The molecule has 1 aliphatic heterocycles. The highest BCUT2D eigenvalue weighted by Gasteiger charge is 2.27. The van der Waals surface area contributed by atoms with Gasteiger partial charge in [0.15, 0.2) is 6.39 Å². The third-order valence-electron chi connectivity index (χ3n) is 6.68. The molecule has 1 saturated heterocycles. The molecule has 13 nitrogen and oxygen atoms in total. The van der Waals surface area contributed by atoms with Gasteiger partial charge in [-0.25, -0.2) is 15.0 Å². The number of carbonyl (C=O) groups is 2. The Kier molecular flexibility index (Phi) is 8.24. The van der Waals surface area contributed by atoms with Crippen LogP contribution in [0.3, 0.4) is 0 Å². The normalized spacial score (nSPS) is 13.2. The summed E-state index contributed by atoms with van der Waals surface area (Å²) in [6, 6.07) is 12.5. The largest absolute Gasteiger partial charge is 0.489 e. The van der Waals surface area contributed by atoms with Crippen LogP contribution in [0.5, 0.6) is 11.6 Å². The SMILES string of the molecule is COc1nc(Nc2cc(-c3ccc(OC4CCN(C(=O)c5cnco5)CC4)c(C#N)c3)ncn2)ccc1C(=O)N(C)C. The Bertz CT molecular complexity index is 1630. The van der Waals surface area contributed by atoms with E-state index in [1.54, 1.807) is 49.3 Å². The first-order valence-electron chi connectivity index (χ1n) is 13.1. The number of rotatable bonds is 8. The van der Waals surface area contributed by atoms with Crippen LogP contribution in [-0.2, 0) is 0 Å². The Hall–Kier alpha value is -5.51. The van der Waals surface area contributed by atoms with E-state index in [-0.39, 0.29) is 29.6 Å². The van der Waals surface area contributed by atoms with Gasteiger partial charge in [0, 0.05) is 51.7 Å². The number of carbonyl (C=O) groups excluding carboxylic acids is 2. The van der Waals surface area contributed by atoms with E-state index in [2.05, 4.69) is 31.3 Å². The van der Waals surface area contributed by atoms with Crippen molar-refractivity contribution >= 4 is 23.5 Å². The number of ether oxygens (including phenoxy) is 2. The molecule has 0 saturated carbocycles. The molecule has 0 unspecified atom stereocenters. The van der Waals surface area contributed by atoms with Gasteiger partial charge in [0.25, 0.3) is 11.8 Å². The molecule has 5 rings (SSSR count). The molecule has 1 fully saturated rings. The Balaban J connectivity index is 1.26. The molecule has 0 bridgehead atoms. The fourth-order valence-electron chi connectivity index (χ4n) is 4.50. The summed E-state index contributed by atoms with van der Waals surface area (Å²) in [4.78, 5) is 44.8. The number of benzene rings is 1. The first kappa shape index (κ1) is 28.0. The molecule has 0 atom stereocenters. The number of hydrogen-bond acceptors (Lipinski definition) is 11. The number of amides is 2. The van der Waals surface area contributed by atoms with E-state index in [1.807, 2.05) is 6.07 Å². The maximum atomic E-state index is 12.5. The Labute approximate surface area is 241 Å². The Morgan fingerprint density at radius 3 is 2.62 bits per heavy atom. The molecular weight excluding hydrogens is 540 g/mol. The molecule has 3 aromatic heterocycles. The van der Waals surface area contributed by atoms with Crippen molar-refractivity contribution in [3.63, 3.8) is 0 Å². The summed E-state index contributed by atoms with van der Waals surface area (Å²) in [5, 5.41) is 12.9. The number of oxazole rings is 1. The monoisotopic (exact) mass is 568 g/mol. The van der Waals surface area contributed by atoms with Crippen molar-refractivity contribution in [1.82, 2.24) is 29.7 Å². The van der Waals surface area contributed by atoms with E-state index < -0.39 is 0 Å². The van der Waals surface area contributed by atoms with Gasteiger partial charge in [-0.1, -0.05) is 0 Å². The second kappa shape index (κ2) is 12.3. The van der Waals surface area contributed by atoms with E-state index in [0.29, 0.717) is 65.7 Å². The first-order chi connectivity index (χ1) is 20.4. The van der Waals surface area contributed by atoms with Crippen molar-refractivity contribution in [2.24, 2.45) is 0 Å². The number of nitrogens with zero attached hydrogens (tertiary/aromatic N) is 7. The summed E-state index contributed by atoms with van der Waals surface area (Å²) in [5.41, 5.74) is 2.00. The summed E-state index contributed by atoms with van der Waals surface area (Å²) >= 11 is 0. The van der Waals surface area contributed by atoms with E-state index in [9.17, 15) is 14.9 Å². The highest BCUT2D eigenvalue weighted by molar-refractivity contribution is 5.96. The lowest BCUT2D eigenvalue weighted by Gasteiger charge is -2.31. The number of hydrogen-bond donors (Lipinski definition) is 1. The van der Waals surface area contributed by atoms with Crippen LogP contribution in [0.1, 0.15) is 39.3 Å². The molecule has 4 heterocycles. The molecule has 13 heteroatoms. The van der Waals surface area contributed by atoms with Gasteiger partial charge in [-0.05, 0) is 30.3 Å². The van der Waals surface area contributed by atoms with Gasteiger partial charge < -0.3 is 29.0 Å². The molecule has 1 aromatic carbocycles. The molecule has 1 aliphatic rings. The molecule has 0 spiro atoms. The molecule has 0 aliphatic carbocycles. The number of pyridine rings is 1. The molecule has 1 N–H and O–H groups in total. The lowest BCUT2D eigenvalue weighted by molar-refractivity contribution is 0.0566. The predicted octanol–water partition coefficient (Wildman–Crippen LogP) is 3.54. The Morgan fingerprint density at radius 1 is 1.12 bits per heavy atom. The van der Waals surface area contributed by atoms with E-state index in [0.717, 1.165) is 0 Å². The molecule has 4 aromatic rings. The highest BCUT2D eigenvalue weighted by Crippen LogP contribution is 2.29. The van der Waals surface area contributed by atoms with Crippen LogP contribution in [0.25, 0.3) is 11.3 Å². The topological polar surface area (TPSA) is 160 Å². The fourth-order valence-corrected chi connectivity index (χ4v) is 4.50. The lowest BCUT2D eigenvalue weighted by atomic mass is 10.1. The van der Waals surface area contributed by atoms with Gasteiger partial charge in [0.05, 0.1) is 24.6 Å². The van der Waals surface area contributed by atoms with Gasteiger partial charge in [-0.15, -0.1) is 0 Å². The summed E-state index contributed by atoms with van der Waals surface area (Å²) in [7, 11) is 4.76. The fraction of sp³-hybridized carbons (Fsp3) is 0.276. The molecule has 2 amide bonds. The van der Waals surface area contributed by atoms with Crippen molar-refractivity contribution in [1.29, 1.82) is 5.26 Å². The van der Waals surface area contributed by atoms with Crippen LogP contribution in [0.2, 0.25) is 0 Å². The van der Waals surface area contributed by atoms with Crippen molar-refractivity contribution < 1.29 is 23.5 Å². The number of nitriles is 1. The second-order valence-electron chi connectivity index (χ2n) is 9.66. The zero-order valence-corrected chi connectivity index (χ0v) is 23.3. The number of anilines is 2. The highest BCUT2D eigenvalue weighted by atomic mass is 16.5. The Morgan fingerprint density at radius 2 is 1.93 bits per heavy atom. The van der Waals surface area contributed by atoms with Gasteiger partial charge in [-0.3, -0.25) is 9.59 Å². The zero-order chi connectivity index (χ0) is 29.6. The minimum Gasteiger partial charge on any atom is -0.489 e. The van der Waals surface area contributed by atoms with E-state index in [1.165, 1.54) is 30.9 Å². The molecule has 0 radical (unpaired) electrons. The van der Waals surface area contributed by atoms with Gasteiger partial charge in [0.1, 0.15) is 41.4 Å². The smallest absolute Gasteiger partial charge is 0.291 e. The van der Waals surface area contributed by atoms with Gasteiger partial charge in [-0.2, -0.15) is 10.2 Å². The van der Waals surface area contributed by atoms with Crippen LogP contribution in [0.15, 0.2) is 59.7 Å². The van der Waals surface area contributed by atoms with Crippen LogP contribution >= 0.6 is 0 Å². The van der Waals surface area contributed by atoms with Gasteiger partial charge >= 0.3 is 0 Å². The quantitative estimate of drug-likeness (QED) is 0.331. The number of nitrogens with one attached hydrogen (secondary N) is 1. The minimum atomic E-state index is -0.223. The second-order valence-corrected chi connectivity index (χ2v) is 9.66. The summed E-state index contributed by atoms with van der Waals surface area (Å²) < 4.78 is 16.6. The predicted molar refractivity (Wildman–Crippen MR) is 150 cm³/mol. The maximum Gasteiger partial charge on any atom is 0.291 e. The summed E-state index contributed by atoms with van der Waals surface area (Å²) in [6.07, 6.45) is 5.15. The number of likely N-dealkylation sites (tertiary alicyclic amines) is 1. The van der Waals surface area contributed by atoms with Crippen molar-refractivity contribution in [3.05, 3.63) is 72.2 Å². The zero-order valence-electron chi connectivity index (χ0n) is 23.3. The third kappa shape index (κ3) is 6.12. The van der Waals surface area contributed by atoms with E-state index in [4.69, 9.17) is 13.9 Å². The van der Waals surface area contributed by atoms with Crippen LogP contribution in [0.4, 0.5) is 11.6 Å². The van der Waals surface area contributed by atoms with Crippen molar-refractivity contribution in [2.75, 3.05) is 39.6 Å². The third-order valence-corrected chi connectivity index (χ3v) is 6.68. The first-order valence-corrected chi connectivity index (χ1v) is 13.1. The lowest BCUT2D eigenvalue weighted by Crippen LogP contribution is -2.41. The average molecular weight is 569 g/mol. The van der Waals surface area contributed by atoms with Crippen molar-refractivity contribution in [3.8, 4) is 29.0 Å². The number of piperidine rings is 1. The summed E-state index contributed by atoms with van der Waals surface area (Å²) in [5.74, 6) is 1.35. The van der Waals surface area contributed by atoms with Crippen LogP contribution < -0.4 is 14.8 Å². The van der Waals surface area contributed by atoms with Crippen LogP contribution in [0, 0.1) is 11.3 Å². The van der Waals surface area contributed by atoms with E-state index >= 15 is 0 Å². The molecule has 214 valence electrons. The van der Waals surface area contributed by atoms with Crippen LogP contribution in [-0.4, -0.2) is 81.9 Å². The number of methoxy groups -OCH3 is 1.